The molecular formula is C14H18N2O3S. The van der Waals surface area contributed by atoms with Crippen molar-refractivity contribution in [2.75, 3.05) is 20.2 Å². The number of nitrogens with zero attached hydrogens (tertiary/aromatic N) is 2. The summed E-state index contributed by atoms with van der Waals surface area (Å²) in [6, 6.07) is 3.97. The van der Waals surface area contributed by atoms with Crippen LogP contribution in [-0.2, 0) is 16.1 Å². The number of carbonyl (C=O) groups excluding carboxylic acids is 1. The first-order chi connectivity index (χ1) is 9.72. The Bertz CT molecular complexity index is 536. The number of aromatic nitrogens is 1. The second kappa shape index (κ2) is 7.21. The summed E-state index contributed by atoms with van der Waals surface area (Å²) in [5.41, 5.74) is 0. The molecule has 108 valence electrons. The predicted octanol–water partition coefficient (Wildman–Crippen LogP) is 2.79. The molecule has 2 heterocycles. The number of hydrogen-bond acceptors (Lipinski definition) is 6. The molecule has 6 heteroatoms. The van der Waals surface area contributed by atoms with Crippen molar-refractivity contribution < 1.29 is 13.9 Å². The van der Waals surface area contributed by atoms with Gasteiger partial charge in [0.05, 0.1) is 31.3 Å². The number of rotatable bonds is 7. The Kier molecular flexibility index (Phi) is 5.31. The summed E-state index contributed by atoms with van der Waals surface area (Å²) >= 11 is 1.61. The molecule has 0 saturated heterocycles. The number of thiophene rings is 1. The Balaban J connectivity index is 2.01. The third-order valence-electron chi connectivity index (χ3n) is 2.80. The van der Waals surface area contributed by atoms with Gasteiger partial charge in [0.15, 0.2) is 5.76 Å². The van der Waals surface area contributed by atoms with Crippen LogP contribution in [-0.4, -0.2) is 36.1 Å². The molecule has 0 fully saturated rings. The first-order valence-electron chi connectivity index (χ1n) is 6.50. The monoisotopic (exact) mass is 294 g/mol. The molecule has 0 aromatic carbocycles. The lowest BCUT2D eigenvalue weighted by atomic mass is 10.4. The third kappa shape index (κ3) is 3.91. The highest BCUT2D eigenvalue weighted by Gasteiger charge is 2.14. The molecule has 0 aliphatic rings. The predicted molar refractivity (Wildman–Crippen MR) is 77.4 cm³/mol. The molecule has 0 unspecified atom stereocenters. The summed E-state index contributed by atoms with van der Waals surface area (Å²) in [6.07, 6.45) is 2.68. The lowest BCUT2D eigenvalue weighted by molar-refractivity contribution is -0.142. The van der Waals surface area contributed by atoms with E-state index in [1.165, 1.54) is 7.11 Å². The Morgan fingerprint density at radius 1 is 1.55 bits per heavy atom. The fraction of sp³-hybridized carbons (Fsp3) is 0.429. The number of oxazole rings is 1. The molecule has 0 atom stereocenters. The maximum atomic E-state index is 11.4. The number of esters is 1. The third-order valence-corrected chi connectivity index (χ3v) is 3.68. The zero-order valence-corrected chi connectivity index (χ0v) is 12.5. The van der Waals surface area contributed by atoms with Crippen molar-refractivity contribution >= 4 is 17.3 Å². The Hall–Kier alpha value is -1.66. The molecule has 2 aromatic heterocycles. The minimum absolute atomic E-state index is 0.247. The van der Waals surface area contributed by atoms with Crippen molar-refractivity contribution in [2.24, 2.45) is 0 Å². The van der Waals surface area contributed by atoms with Crippen molar-refractivity contribution in [2.45, 2.75) is 19.9 Å². The molecule has 20 heavy (non-hydrogen) atoms. The minimum atomic E-state index is -0.247. The van der Waals surface area contributed by atoms with Crippen LogP contribution in [0, 0.1) is 0 Å². The Morgan fingerprint density at radius 3 is 3.05 bits per heavy atom. The zero-order chi connectivity index (χ0) is 14.4. The SMILES string of the molecule is CCCN(CC(=O)OC)Cc1ncc(-c2cccs2)o1. The van der Waals surface area contributed by atoms with Gasteiger partial charge in [0.2, 0.25) is 5.89 Å². The second-order valence-corrected chi connectivity index (χ2v) is 5.33. The highest BCUT2D eigenvalue weighted by molar-refractivity contribution is 7.13. The number of methoxy groups -OCH3 is 1. The molecule has 2 aromatic rings. The summed E-state index contributed by atoms with van der Waals surface area (Å²) in [5, 5.41) is 2.00. The van der Waals surface area contributed by atoms with E-state index >= 15 is 0 Å². The van der Waals surface area contributed by atoms with Crippen LogP contribution in [0.1, 0.15) is 19.2 Å². The Morgan fingerprint density at radius 2 is 2.40 bits per heavy atom. The van der Waals surface area contributed by atoms with Gasteiger partial charge >= 0.3 is 5.97 Å². The quantitative estimate of drug-likeness (QED) is 0.735. The standard InChI is InChI=1S/C14H18N2O3S/c1-3-6-16(10-14(17)18-2)9-13-15-8-11(19-13)12-5-4-7-20-12/h4-5,7-8H,3,6,9-10H2,1-2H3. The van der Waals surface area contributed by atoms with Crippen LogP contribution in [0.3, 0.4) is 0 Å². The van der Waals surface area contributed by atoms with Crippen LogP contribution in [0.15, 0.2) is 28.1 Å². The topological polar surface area (TPSA) is 55.6 Å². The van der Waals surface area contributed by atoms with Gasteiger partial charge in [0, 0.05) is 0 Å². The largest absolute Gasteiger partial charge is 0.468 e. The Labute approximate surface area is 122 Å². The summed E-state index contributed by atoms with van der Waals surface area (Å²) in [6.45, 7) is 3.62. The van der Waals surface area contributed by atoms with Crippen LogP contribution in [0.4, 0.5) is 0 Å². The van der Waals surface area contributed by atoms with Crippen LogP contribution in [0.25, 0.3) is 10.6 Å². The van der Waals surface area contributed by atoms with Gasteiger partial charge in [-0.25, -0.2) is 4.98 Å². The fourth-order valence-electron chi connectivity index (χ4n) is 1.88. The van der Waals surface area contributed by atoms with Gasteiger partial charge in [0.25, 0.3) is 0 Å². The van der Waals surface area contributed by atoms with E-state index in [2.05, 4.69) is 11.9 Å². The van der Waals surface area contributed by atoms with Crippen LogP contribution >= 0.6 is 11.3 Å². The van der Waals surface area contributed by atoms with E-state index in [1.807, 2.05) is 22.4 Å². The molecular weight excluding hydrogens is 276 g/mol. The maximum absolute atomic E-state index is 11.4. The molecule has 0 N–H and O–H groups in total. The van der Waals surface area contributed by atoms with E-state index in [4.69, 9.17) is 9.15 Å². The first-order valence-corrected chi connectivity index (χ1v) is 7.38. The van der Waals surface area contributed by atoms with Crippen molar-refractivity contribution in [3.63, 3.8) is 0 Å². The van der Waals surface area contributed by atoms with Crippen LogP contribution < -0.4 is 0 Å². The lowest BCUT2D eigenvalue weighted by Gasteiger charge is -2.17. The summed E-state index contributed by atoms with van der Waals surface area (Å²) in [4.78, 5) is 18.7. The molecule has 0 aliphatic heterocycles. The normalized spacial score (nSPS) is 10.9. The first kappa shape index (κ1) is 14.7. The van der Waals surface area contributed by atoms with Gasteiger partial charge < -0.3 is 9.15 Å². The van der Waals surface area contributed by atoms with Gasteiger partial charge in [-0.2, -0.15) is 0 Å². The zero-order valence-electron chi connectivity index (χ0n) is 11.7. The summed E-state index contributed by atoms with van der Waals surface area (Å²) in [5.74, 6) is 1.14. The van der Waals surface area contributed by atoms with E-state index in [-0.39, 0.29) is 12.5 Å². The fourth-order valence-corrected chi connectivity index (χ4v) is 2.56. The van der Waals surface area contributed by atoms with E-state index in [9.17, 15) is 4.79 Å². The van der Waals surface area contributed by atoms with E-state index in [1.54, 1.807) is 17.5 Å². The highest BCUT2D eigenvalue weighted by atomic mass is 32.1. The average molecular weight is 294 g/mol. The summed E-state index contributed by atoms with van der Waals surface area (Å²) < 4.78 is 10.4. The van der Waals surface area contributed by atoms with E-state index in [0.717, 1.165) is 23.6 Å². The van der Waals surface area contributed by atoms with Gasteiger partial charge in [-0.15, -0.1) is 11.3 Å². The maximum Gasteiger partial charge on any atom is 0.319 e. The number of carbonyl (C=O) groups is 1. The van der Waals surface area contributed by atoms with Crippen molar-refractivity contribution in [1.82, 2.24) is 9.88 Å². The average Bonchev–Trinajstić information content (AvgIpc) is 3.08. The van der Waals surface area contributed by atoms with Crippen molar-refractivity contribution in [1.29, 1.82) is 0 Å². The molecule has 0 saturated carbocycles. The van der Waals surface area contributed by atoms with Gasteiger partial charge in [-0.3, -0.25) is 9.69 Å². The van der Waals surface area contributed by atoms with E-state index < -0.39 is 0 Å². The molecule has 0 bridgehead atoms. The smallest absolute Gasteiger partial charge is 0.319 e. The molecule has 5 nitrogen and oxygen atoms in total. The van der Waals surface area contributed by atoms with Gasteiger partial charge in [0.1, 0.15) is 0 Å². The molecule has 0 radical (unpaired) electrons. The second-order valence-electron chi connectivity index (χ2n) is 4.38. The molecule has 0 aliphatic carbocycles. The number of hydrogen-bond donors (Lipinski definition) is 0. The van der Waals surface area contributed by atoms with Crippen molar-refractivity contribution in [3.05, 3.63) is 29.6 Å². The molecule has 0 amide bonds. The van der Waals surface area contributed by atoms with E-state index in [0.29, 0.717) is 12.4 Å². The number of ether oxygens (including phenoxy) is 1. The minimum Gasteiger partial charge on any atom is -0.468 e. The van der Waals surface area contributed by atoms with Crippen molar-refractivity contribution in [3.8, 4) is 10.6 Å². The van der Waals surface area contributed by atoms with Gasteiger partial charge in [-0.05, 0) is 24.4 Å². The van der Waals surface area contributed by atoms with Crippen LogP contribution in [0.2, 0.25) is 0 Å². The van der Waals surface area contributed by atoms with Crippen LogP contribution in [0.5, 0.6) is 0 Å². The molecule has 0 spiro atoms. The van der Waals surface area contributed by atoms with Gasteiger partial charge in [-0.1, -0.05) is 13.0 Å². The summed E-state index contributed by atoms with van der Waals surface area (Å²) in [7, 11) is 1.40. The highest BCUT2D eigenvalue weighted by Crippen LogP contribution is 2.25. The molecule has 2 rings (SSSR count). The lowest BCUT2D eigenvalue weighted by Crippen LogP contribution is -2.31.